The minimum absolute atomic E-state index is 0.123. The molecule has 0 aliphatic carbocycles. The Hall–Kier alpha value is -2.72. The number of nitrogen functional groups attached to an aromatic ring is 1. The first-order chi connectivity index (χ1) is 16.1. The lowest BCUT2D eigenvalue weighted by molar-refractivity contribution is -0.138. The van der Waals surface area contributed by atoms with Gasteiger partial charge in [-0.15, -0.1) is 0 Å². The molecule has 0 saturated carbocycles. The number of thioether (sulfide) groups is 1. The van der Waals surface area contributed by atoms with Gasteiger partial charge in [0.1, 0.15) is 5.52 Å². The van der Waals surface area contributed by atoms with Gasteiger partial charge in [0.05, 0.1) is 0 Å². The van der Waals surface area contributed by atoms with Gasteiger partial charge in [-0.25, -0.2) is 19.9 Å². The fourth-order valence-corrected chi connectivity index (χ4v) is 5.65. The van der Waals surface area contributed by atoms with E-state index >= 15 is 0 Å². The highest BCUT2D eigenvalue weighted by Crippen LogP contribution is 2.32. The van der Waals surface area contributed by atoms with Crippen molar-refractivity contribution in [1.29, 1.82) is 0 Å². The summed E-state index contributed by atoms with van der Waals surface area (Å²) in [6, 6.07) is 4.28. The molecule has 2 saturated heterocycles. The number of anilines is 1. The lowest BCUT2D eigenvalue weighted by Gasteiger charge is -2.37. The van der Waals surface area contributed by atoms with Crippen molar-refractivity contribution in [3.05, 3.63) is 36.3 Å². The first kappa shape index (κ1) is 22.1. The summed E-state index contributed by atoms with van der Waals surface area (Å²) < 4.78 is 2.28. The highest BCUT2D eigenvalue weighted by Gasteiger charge is 2.32. The summed E-state index contributed by atoms with van der Waals surface area (Å²) in [5.74, 6) is 0.745. The number of piperidine rings is 2. The highest BCUT2D eigenvalue weighted by molar-refractivity contribution is 7.98. The van der Waals surface area contributed by atoms with E-state index < -0.39 is 0 Å². The van der Waals surface area contributed by atoms with E-state index in [1.165, 1.54) is 0 Å². The second kappa shape index (κ2) is 9.64. The van der Waals surface area contributed by atoms with Crippen molar-refractivity contribution in [1.82, 2.24) is 34.3 Å². The zero-order chi connectivity index (χ0) is 22.8. The van der Waals surface area contributed by atoms with Gasteiger partial charge in [0.2, 0.25) is 11.9 Å². The largest absolute Gasteiger partial charge is 0.368 e. The maximum Gasteiger partial charge on any atom is 0.225 e. The number of nitrogens with two attached hydrogens (primary N) is 1. The van der Waals surface area contributed by atoms with Gasteiger partial charge >= 0.3 is 0 Å². The normalized spacial score (nSPS) is 18.8. The van der Waals surface area contributed by atoms with Crippen molar-refractivity contribution >= 4 is 34.8 Å². The molecule has 0 bridgehead atoms. The Morgan fingerprint density at radius 2 is 1.82 bits per heavy atom. The van der Waals surface area contributed by atoms with Crippen LogP contribution in [0.5, 0.6) is 0 Å². The summed E-state index contributed by atoms with van der Waals surface area (Å²) in [7, 11) is 0. The van der Waals surface area contributed by atoms with E-state index in [1.54, 1.807) is 24.2 Å². The molecule has 10 heteroatoms. The number of imidazole rings is 1. The smallest absolute Gasteiger partial charge is 0.225 e. The zero-order valence-corrected chi connectivity index (χ0v) is 19.7. The predicted octanol–water partition coefficient (Wildman–Crippen LogP) is 2.60. The molecule has 2 fully saturated rings. The number of fused-ring (bicyclic) bond motifs is 1. The third-order valence-electron chi connectivity index (χ3n) is 6.81. The molecule has 2 aliphatic rings. The molecule has 1 amide bonds. The number of likely N-dealkylation sites (tertiary alicyclic amines) is 2. The summed E-state index contributed by atoms with van der Waals surface area (Å²) in [5.41, 5.74) is 8.52. The molecule has 0 radical (unpaired) electrons. The maximum atomic E-state index is 13.2. The Balaban J connectivity index is 1.15. The van der Waals surface area contributed by atoms with Crippen LogP contribution in [-0.4, -0.2) is 72.6 Å². The van der Waals surface area contributed by atoms with Gasteiger partial charge in [0, 0.05) is 55.7 Å². The summed E-state index contributed by atoms with van der Waals surface area (Å²) in [5, 5.41) is 1.01. The number of aromatic nitrogens is 5. The number of hydrogen-bond acceptors (Lipinski definition) is 8. The van der Waals surface area contributed by atoms with Crippen LogP contribution in [-0.2, 0) is 11.3 Å². The predicted molar refractivity (Wildman–Crippen MR) is 129 cm³/mol. The molecular formula is C23H30N8OS. The minimum atomic E-state index is 0.123. The van der Waals surface area contributed by atoms with Crippen molar-refractivity contribution in [3.63, 3.8) is 0 Å². The van der Waals surface area contributed by atoms with Crippen molar-refractivity contribution in [2.45, 2.75) is 43.4 Å². The first-order valence-electron chi connectivity index (χ1n) is 11.6. The van der Waals surface area contributed by atoms with Crippen LogP contribution in [0.3, 0.4) is 0 Å². The Morgan fingerprint density at radius 1 is 1.09 bits per heavy atom. The lowest BCUT2D eigenvalue weighted by Crippen LogP contribution is -2.45. The molecule has 3 aromatic heterocycles. The molecule has 3 aromatic rings. The molecule has 0 spiro atoms. The molecule has 2 N–H and O–H groups in total. The fraction of sp³-hybridized carbons (Fsp3) is 0.522. The van der Waals surface area contributed by atoms with Crippen LogP contribution < -0.4 is 5.73 Å². The summed E-state index contributed by atoms with van der Waals surface area (Å²) in [6.45, 7) is 4.24. The maximum absolute atomic E-state index is 13.2. The van der Waals surface area contributed by atoms with Crippen LogP contribution in [0, 0.1) is 5.92 Å². The quantitative estimate of drug-likeness (QED) is 0.572. The minimum Gasteiger partial charge on any atom is -0.368 e. The van der Waals surface area contributed by atoms with E-state index in [2.05, 4.69) is 35.6 Å². The Kier molecular flexibility index (Phi) is 6.45. The number of carbonyl (C=O) groups excluding carboxylic acids is 1. The second-order valence-corrected chi connectivity index (χ2v) is 9.64. The van der Waals surface area contributed by atoms with Gasteiger partial charge in [-0.05, 0) is 57.2 Å². The molecule has 174 valence electrons. The number of hydrogen-bond donors (Lipinski definition) is 1. The number of nitrogens with zero attached hydrogens (tertiary/aromatic N) is 7. The second-order valence-electron chi connectivity index (χ2n) is 8.87. The van der Waals surface area contributed by atoms with Crippen molar-refractivity contribution in [2.24, 2.45) is 5.92 Å². The summed E-state index contributed by atoms with van der Waals surface area (Å²) in [4.78, 5) is 35.1. The van der Waals surface area contributed by atoms with E-state index in [9.17, 15) is 4.79 Å². The van der Waals surface area contributed by atoms with E-state index in [0.29, 0.717) is 17.9 Å². The molecule has 33 heavy (non-hydrogen) atoms. The van der Waals surface area contributed by atoms with E-state index in [0.717, 1.165) is 80.3 Å². The van der Waals surface area contributed by atoms with Gasteiger partial charge in [0.25, 0.3) is 0 Å². The Morgan fingerprint density at radius 3 is 2.52 bits per heavy atom. The third-order valence-corrected chi connectivity index (χ3v) is 7.46. The number of rotatable bonds is 5. The Bertz CT molecular complexity index is 1100. The molecule has 0 atom stereocenters. The van der Waals surface area contributed by atoms with Gasteiger partial charge < -0.3 is 15.2 Å². The number of carbonyl (C=O) groups is 1. The number of amides is 1. The third kappa shape index (κ3) is 4.67. The monoisotopic (exact) mass is 466 g/mol. The molecule has 0 unspecified atom stereocenters. The molecular weight excluding hydrogens is 436 g/mol. The van der Waals surface area contributed by atoms with E-state index in [-0.39, 0.29) is 5.92 Å². The van der Waals surface area contributed by atoms with Gasteiger partial charge in [0.15, 0.2) is 10.8 Å². The molecule has 9 nitrogen and oxygen atoms in total. The number of pyridine rings is 1. The van der Waals surface area contributed by atoms with E-state index in [4.69, 9.17) is 10.7 Å². The van der Waals surface area contributed by atoms with Crippen LogP contribution >= 0.6 is 11.8 Å². The SMILES string of the molecule is CSc1nc2cccnc2n1C1CCN(C(=O)C2CCN(Cc3cnc(N)nc3)CC2)CC1. The first-order valence-corrected chi connectivity index (χ1v) is 12.8. The highest BCUT2D eigenvalue weighted by atomic mass is 32.2. The van der Waals surface area contributed by atoms with Crippen LogP contribution in [0.15, 0.2) is 35.9 Å². The van der Waals surface area contributed by atoms with Gasteiger partial charge in [-0.2, -0.15) is 0 Å². The van der Waals surface area contributed by atoms with Gasteiger partial charge in [-0.1, -0.05) is 11.8 Å². The molecule has 0 aromatic carbocycles. The molecule has 2 aliphatic heterocycles. The average Bonchev–Trinajstić information content (AvgIpc) is 3.24. The standard InChI is InChI=1S/C23H30N8OS/c1-33-23-28-19-3-2-8-25-20(19)31(23)18-6-11-30(12-7-18)21(32)17-4-9-29(10-5-17)15-16-13-26-22(24)27-14-16/h2-3,8,13-14,17-18H,4-7,9-12,15H2,1H3,(H2,24,26,27). The fourth-order valence-electron chi connectivity index (χ4n) is 5.03. The molecule has 5 heterocycles. The van der Waals surface area contributed by atoms with Crippen molar-refractivity contribution in [3.8, 4) is 0 Å². The topological polar surface area (TPSA) is 106 Å². The lowest BCUT2D eigenvalue weighted by atomic mass is 9.93. The van der Waals surface area contributed by atoms with Crippen LogP contribution in [0.1, 0.15) is 37.3 Å². The van der Waals surface area contributed by atoms with Crippen LogP contribution in [0.4, 0.5) is 5.95 Å². The van der Waals surface area contributed by atoms with Crippen LogP contribution in [0.2, 0.25) is 0 Å². The van der Waals surface area contributed by atoms with Crippen molar-refractivity contribution in [2.75, 3.05) is 38.2 Å². The van der Waals surface area contributed by atoms with Gasteiger partial charge in [-0.3, -0.25) is 9.69 Å². The summed E-state index contributed by atoms with van der Waals surface area (Å²) >= 11 is 1.66. The van der Waals surface area contributed by atoms with Crippen LogP contribution in [0.25, 0.3) is 11.2 Å². The van der Waals surface area contributed by atoms with E-state index in [1.807, 2.05) is 18.3 Å². The average molecular weight is 467 g/mol. The van der Waals surface area contributed by atoms with Crippen molar-refractivity contribution < 1.29 is 4.79 Å². The molecule has 5 rings (SSSR count). The Labute approximate surface area is 197 Å². The summed E-state index contributed by atoms with van der Waals surface area (Å²) in [6.07, 6.45) is 11.1. The zero-order valence-electron chi connectivity index (χ0n) is 18.9.